The number of nitrogens with zero attached hydrogens (tertiary/aromatic N) is 1. The van der Waals surface area contributed by atoms with Gasteiger partial charge < -0.3 is 15.3 Å². The molecular weight excluding hydrogens is 340 g/mol. The van der Waals surface area contributed by atoms with Gasteiger partial charge in [-0.1, -0.05) is 13.0 Å². The number of nitrogens with one attached hydrogen (secondary N) is 1. The van der Waals surface area contributed by atoms with Crippen molar-refractivity contribution in [2.24, 2.45) is 5.92 Å². The second kappa shape index (κ2) is 8.89. The number of thioether (sulfide) groups is 1. The van der Waals surface area contributed by atoms with Crippen molar-refractivity contribution < 1.29 is 19.5 Å². The Morgan fingerprint density at radius 3 is 2.80 bits per heavy atom. The Bertz CT molecular complexity index is 650. The standard InChI is InChI=1S/C18H24N2O4S/c1-12(11-25-2)16(21)19-14-7-5-6-13(10-14)17(22)20-9-4-3-8-15(20)18(23)24/h5-7,10,12,15H,3-4,8-9,11H2,1-2H3,(H,19,21)(H,23,24). The number of carbonyl (C=O) groups is 3. The molecule has 1 aromatic carbocycles. The Morgan fingerprint density at radius 1 is 1.36 bits per heavy atom. The SMILES string of the molecule is CSCC(C)C(=O)Nc1cccc(C(=O)N2CCCCC2C(=O)O)c1. The summed E-state index contributed by atoms with van der Waals surface area (Å²) in [5, 5.41) is 12.2. The predicted molar refractivity (Wildman–Crippen MR) is 98.9 cm³/mol. The number of anilines is 1. The molecule has 1 aliphatic heterocycles. The van der Waals surface area contributed by atoms with Crippen LogP contribution in [0.3, 0.4) is 0 Å². The lowest BCUT2D eigenvalue weighted by molar-refractivity contribution is -0.143. The van der Waals surface area contributed by atoms with Gasteiger partial charge in [0.25, 0.3) is 5.91 Å². The maximum atomic E-state index is 12.7. The number of carbonyl (C=O) groups excluding carboxylic acids is 2. The van der Waals surface area contributed by atoms with E-state index < -0.39 is 12.0 Å². The van der Waals surface area contributed by atoms with Crippen LogP contribution in [0.1, 0.15) is 36.5 Å². The zero-order chi connectivity index (χ0) is 18.4. The Hall–Kier alpha value is -2.02. The predicted octanol–water partition coefficient (Wildman–Crippen LogP) is 2.70. The van der Waals surface area contributed by atoms with Gasteiger partial charge in [0.15, 0.2) is 0 Å². The first kappa shape index (κ1) is 19.3. The van der Waals surface area contributed by atoms with E-state index in [1.54, 1.807) is 36.0 Å². The first-order valence-corrected chi connectivity index (χ1v) is 9.77. The van der Waals surface area contributed by atoms with Crippen molar-refractivity contribution in [3.63, 3.8) is 0 Å². The summed E-state index contributed by atoms with van der Waals surface area (Å²) in [6, 6.07) is 5.91. The number of hydrogen-bond acceptors (Lipinski definition) is 4. The van der Waals surface area contributed by atoms with Crippen LogP contribution in [0.5, 0.6) is 0 Å². The van der Waals surface area contributed by atoms with Crippen LogP contribution in [0.25, 0.3) is 0 Å². The number of likely N-dealkylation sites (tertiary alicyclic amines) is 1. The van der Waals surface area contributed by atoms with Gasteiger partial charge in [0.1, 0.15) is 6.04 Å². The average molecular weight is 364 g/mol. The number of carboxylic acids is 1. The zero-order valence-electron chi connectivity index (χ0n) is 14.5. The van der Waals surface area contributed by atoms with E-state index in [2.05, 4.69) is 5.32 Å². The van der Waals surface area contributed by atoms with E-state index in [0.717, 1.165) is 18.6 Å². The van der Waals surface area contributed by atoms with Gasteiger partial charge >= 0.3 is 5.97 Å². The average Bonchev–Trinajstić information content (AvgIpc) is 2.61. The summed E-state index contributed by atoms with van der Waals surface area (Å²) in [4.78, 5) is 37.7. The van der Waals surface area contributed by atoms with Crippen molar-refractivity contribution in [1.82, 2.24) is 4.90 Å². The molecule has 2 N–H and O–H groups in total. The summed E-state index contributed by atoms with van der Waals surface area (Å²) in [7, 11) is 0. The van der Waals surface area contributed by atoms with Crippen LogP contribution in [-0.4, -0.2) is 52.4 Å². The van der Waals surface area contributed by atoms with Crippen molar-refractivity contribution >= 4 is 35.2 Å². The maximum Gasteiger partial charge on any atom is 0.326 e. The molecule has 1 heterocycles. The molecule has 1 saturated heterocycles. The van der Waals surface area contributed by atoms with E-state index in [0.29, 0.717) is 24.2 Å². The summed E-state index contributed by atoms with van der Waals surface area (Å²) in [5.41, 5.74) is 0.941. The Kier molecular flexibility index (Phi) is 6.87. The molecule has 1 fully saturated rings. The molecule has 1 aromatic rings. The molecule has 6 nitrogen and oxygen atoms in total. The van der Waals surface area contributed by atoms with Crippen LogP contribution in [0.4, 0.5) is 5.69 Å². The molecule has 0 aliphatic carbocycles. The lowest BCUT2D eigenvalue weighted by Crippen LogP contribution is -2.48. The first-order valence-electron chi connectivity index (χ1n) is 8.37. The van der Waals surface area contributed by atoms with Crippen LogP contribution in [-0.2, 0) is 9.59 Å². The third-order valence-corrected chi connectivity index (χ3v) is 5.12. The molecule has 2 amide bonds. The molecule has 136 valence electrons. The highest BCUT2D eigenvalue weighted by atomic mass is 32.2. The van der Waals surface area contributed by atoms with Crippen LogP contribution in [0.15, 0.2) is 24.3 Å². The highest BCUT2D eigenvalue weighted by Crippen LogP contribution is 2.21. The second-order valence-electron chi connectivity index (χ2n) is 6.27. The summed E-state index contributed by atoms with van der Waals surface area (Å²) in [5.74, 6) is -0.782. The summed E-state index contributed by atoms with van der Waals surface area (Å²) in [6.45, 7) is 2.29. The molecular formula is C18H24N2O4S. The normalized spacial score (nSPS) is 18.5. The van der Waals surface area contributed by atoms with Crippen LogP contribution < -0.4 is 5.32 Å². The minimum Gasteiger partial charge on any atom is -0.480 e. The van der Waals surface area contributed by atoms with Gasteiger partial charge in [-0.15, -0.1) is 0 Å². The number of piperidine rings is 1. The van der Waals surface area contributed by atoms with Crippen molar-refractivity contribution in [2.45, 2.75) is 32.2 Å². The van der Waals surface area contributed by atoms with E-state index in [-0.39, 0.29) is 17.7 Å². The van der Waals surface area contributed by atoms with E-state index in [1.807, 2.05) is 13.2 Å². The fourth-order valence-corrected chi connectivity index (χ4v) is 3.57. The maximum absolute atomic E-state index is 12.7. The number of carboxylic acid groups (broad SMARTS) is 1. The molecule has 0 spiro atoms. The number of amides is 2. The number of rotatable bonds is 6. The van der Waals surface area contributed by atoms with Gasteiger partial charge in [0, 0.05) is 29.5 Å². The molecule has 1 aliphatic rings. The first-order chi connectivity index (χ1) is 11.9. The number of hydrogen-bond donors (Lipinski definition) is 2. The minimum absolute atomic E-state index is 0.0969. The summed E-state index contributed by atoms with van der Waals surface area (Å²) in [6.07, 6.45) is 4.03. The number of benzene rings is 1. The zero-order valence-corrected chi connectivity index (χ0v) is 15.3. The second-order valence-corrected chi connectivity index (χ2v) is 7.19. The topological polar surface area (TPSA) is 86.7 Å². The molecule has 0 bridgehead atoms. The van der Waals surface area contributed by atoms with Crippen LogP contribution in [0, 0.1) is 5.92 Å². The number of aliphatic carboxylic acids is 1. The van der Waals surface area contributed by atoms with Gasteiger partial charge in [-0.25, -0.2) is 4.79 Å². The van der Waals surface area contributed by atoms with Crippen molar-refractivity contribution in [1.29, 1.82) is 0 Å². The lowest BCUT2D eigenvalue weighted by Gasteiger charge is -2.33. The van der Waals surface area contributed by atoms with Crippen LogP contribution in [0.2, 0.25) is 0 Å². The van der Waals surface area contributed by atoms with Crippen molar-refractivity contribution in [2.75, 3.05) is 23.9 Å². The largest absolute Gasteiger partial charge is 0.480 e. The molecule has 2 unspecified atom stereocenters. The Morgan fingerprint density at radius 2 is 2.12 bits per heavy atom. The molecule has 0 radical (unpaired) electrons. The molecule has 2 atom stereocenters. The third kappa shape index (κ3) is 4.98. The highest BCUT2D eigenvalue weighted by Gasteiger charge is 2.32. The third-order valence-electron chi connectivity index (χ3n) is 4.29. The highest BCUT2D eigenvalue weighted by molar-refractivity contribution is 7.98. The van der Waals surface area contributed by atoms with Crippen molar-refractivity contribution in [3.05, 3.63) is 29.8 Å². The van der Waals surface area contributed by atoms with Gasteiger partial charge in [0.2, 0.25) is 5.91 Å². The molecule has 25 heavy (non-hydrogen) atoms. The minimum atomic E-state index is -0.969. The van der Waals surface area contributed by atoms with Gasteiger partial charge in [-0.2, -0.15) is 11.8 Å². The smallest absolute Gasteiger partial charge is 0.326 e. The summed E-state index contributed by atoms with van der Waals surface area (Å²) >= 11 is 1.60. The van der Waals surface area contributed by atoms with Gasteiger partial charge in [0.05, 0.1) is 0 Å². The summed E-state index contributed by atoms with van der Waals surface area (Å²) < 4.78 is 0. The van der Waals surface area contributed by atoms with E-state index in [4.69, 9.17) is 0 Å². The lowest BCUT2D eigenvalue weighted by atomic mass is 10.0. The molecule has 0 aromatic heterocycles. The van der Waals surface area contributed by atoms with Crippen LogP contribution >= 0.6 is 11.8 Å². The van der Waals surface area contributed by atoms with Gasteiger partial charge in [-0.3, -0.25) is 9.59 Å². The monoisotopic (exact) mass is 364 g/mol. The fourth-order valence-electron chi connectivity index (χ4n) is 2.92. The molecule has 7 heteroatoms. The van der Waals surface area contributed by atoms with E-state index in [9.17, 15) is 19.5 Å². The van der Waals surface area contributed by atoms with Gasteiger partial charge in [-0.05, 0) is 43.7 Å². The van der Waals surface area contributed by atoms with E-state index >= 15 is 0 Å². The Balaban J connectivity index is 2.13. The fraction of sp³-hybridized carbons (Fsp3) is 0.500. The Labute approximate surface area is 152 Å². The molecule has 2 rings (SSSR count). The van der Waals surface area contributed by atoms with Crippen molar-refractivity contribution in [3.8, 4) is 0 Å². The van der Waals surface area contributed by atoms with E-state index in [1.165, 1.54) is 4.90 Å². The quantitative estimate of drug-likeness (QED) is 0.810. The molecule has 0 saturated carbocycles.